The van der Waals surface area contributed by atoms with E-state index in [9.17, 15) is 0 Å². The van der Waals surface area contributed by atoms with Crippen LogP contribution in [0.15, 0.2) is 48.5 Å². The summed E-state index contributed by atoms with van der Waals surface area (Å²) >= 11 is 0. The van der Waals surface area contributed by atoms with E-state index in [4.69, 9.17) is 0 Å². The highest BCUT2D eigenvalue weighted by molar-refractivity contribution is 5.78. The van der Waals surface area contributed by atoms with E-state index in [-0.39, 0.29) is 0 Å². The van der Waals surface area contributed by atoms with E-state index >= 15 is 0 Å². The van der Waals surface area contributed by atoms with E-state index in [0.717, 1.165) is 23.7 Å². The van der Waals surface area contributed by atoms with E-state index in [1.165, 1.54) is 43.2 Å². The van der Waals surface area contributed by atoms with Crippen molar-refractivity contribution < 1.29 is 0 Å². The topological polar surface area (TPSA) is 0 Å². The lowest BCUT2D eigenvalue weighted by Crippen LogP contribution is -2.18. The maximum Gasteiger partial charge on any atom is -0.00439 e. The summed E-state index contributed by atoms with van der Waals surface area (Å²) in [7, 11) is 0. The van der Waals surface area contributed by atoms with E-state index in [2.05, 4.69) is 48.5 Å². The van der Waals surface area contributed by atoms with Crippen LogP contribution in [0.2, 0.25) is 0 Å². The molecule has 2 unspecified atom stereocenters. The zero-order valence-electron chi connectivity index (χ0n) is 13.0. The highest BCUT2D eigenvalue weighted by atomic mass is 14.7. The van der Waals surface area contributed by atoms with Crippen LogP contribution >= 0.6 is 0 Å². The molecular formula is C22H22. The van der Waals surface area contributed by atoms with Crippen LogP contribution in [0.3, 0.4) is 0 Å². The summed E-state index contributed by atoms with van der Waals surface area (Å²) in [6, 6.07) is 18.5. The van der Waals surface area contributed by atoms with Crippen LogP contribution in [-0.2, 0) is 0 Å². The van der Waals surface area contributed by atoms with Gasteiger partial charge in [0, 0.05) is 0 Å². The molecule has 6 rings (SSSR count). The molecule has 2 atom stereocenters. The summed E-state index contributed by atoms with van der Waals surface area (Å²) in [5, 5.41) is 0. The molecule has 0 aliphatic heterocycles. The van der Waals surface area contributed by atoms with E-state index in [1.807, 2.05) is 0 Å². The molecule has 3 fully saturated rings. The molecule has 4 aliphatic rings. The Morgan fingerprint density at radius 1 is 0.727 bits per heavy atom. The van der Waals surface area contributed by atoms with Gasteiger partial charge in [-0.25, -0.2) is 0 Å². The third-order valence-electron chi connectivity index (χ3n) is 7.45. The molecule has 2 bridgehead atoms. The third kappa shape index (κ3) is 1.31. The molecule has 0 heteroatoms. The minimum atomic E-state index is 0.699. The predicted molar refractivity (Wildman–Crippen MR) is 89.9 cm³/mol. The predicted octanol–water partition coefficient (Wildman–Crippen LogP) is 5.74. The first-order chi connectivity index (χ1) is 10.9. The summed E-state index contributed by atoms with van der Waals surface area (Å²) in [6.07, 6.45) is 7.59. The Morgan fingerprint density at radius 3 is 1.77 bits per heavy atom. The minimum Gasteiger partial charge on any atom is -0.0619 e. The van der Waals surface area contributed by atoms with Gasteiger partial charge in [0.05, 0.1) is 0 Å². The van der Waals surface area contributed by atoms with Crippen molar-refractivity contribution >= 4 is 0 Å². The van der Waals surface area contributed by atoms with Crippen LogP contribution in [-0.4, -0.2) is 0 Å². The monoisotopic (exact) mass is 286 g/mol. The Kier molecular flexibility index (Phi) is 2.09. The second-order valence-corrected chi connectivity index (χ2v) is 8.26. The number of rotatable bonds is 1. The Hall–Kier alpha value is -1.56. The Bertz CT molecular complexity index is 712. The molecule has 0 heterocycles. The lowest BCUT2D eigenvalue weighted by Gasteiger charge is -2.27. The van der Waals surface area contributed by atoms with Crippen molar-refractivity contribution in [3.05, 3.63) is 59.7 Å². The molecule has 0 aromatic heterocycles. The van der Waals surface area contributed by atoms with Crippen LogP contribution in [0.1, 0.15) is 55.1 Å². The molecule has 0 radical (unpaired) electrons. The van der Waals surface area contributed by atoms with Crippen LogP contribution in [0.4, 0.5) is 0 Å². The lowest BCUT2D eigenvalue weighted by molar-refractivity contribution is 0.239. The molecule has 0 spiro atoms. The fraction of sp³-hybridized carbons (Fsp3) is 0.455. The van der Waals surface area contributed by atoms with Gasteiger partial charge in [0.15, 0.2) is 0 Å². The molecule has 0 amide bonds. The van der Waals surface area contributed by atoms with Crippen molar-refractivity contribution in [1.29, 1.82) is 0 Å². The highest BCUT2D eigenvalue weighted by Gasteiger charge is 2.66. The zero-order valence-corrected chi connectivity index (χ0v) is 13.0. The van der Waals surface area contributed by atoms with Crippen molar-refractivity contribution in [2.75, 3.05) is 0 Å². The van der Waals surface area contributed by atoms with Crippen molar-refractivity contribution in [3.63, 3.8) is 0 Å². The standard InChI is InChI=1S/C22H22/c1-3-7-17-15(5-1)16-6-2-4-8-18(16)20-19(17)21(20)22-11-9-14(13-22)10-12-22/h1-8,14,19-21H,9-13H2. The second-order valence-electron chi connectivity index (χ2n) is 8.26. The largest absolute Gasteiger partial charge is 0.0619 e. The number of hydrogen-bond acceptors (Lipinski definition) is 0. The molecule has 2 aromatic carbocycles. The molecule has 0 N–H and O–H groups in total. The summed E-state index contributed by atoms with van der Waals surface area (Å²) in [5.74, 6) is 3.64. The average molecular weight is 286 g/mol. The van der Waals surface area contributed by atoms with Crippen molar-refractivity contribution in [1.82, 2.24) is 0 Å². The molecule has 3 saturated carbocycles. The molecule has 110 valence electrons. The maximum absolute atomic E-state index is 2.42. The van der Waals surface area contributed by atoms with Gasteiger partial charge in [-0.3, -0.25) is 0 Å². The average Bonchev–Trinajstić information content (AvgIpc) is 3.04. The van der Waals surface area contributed by atoms with Crippen LogP contribution < -0.4 is 0 Å². The number of fused-ring (bicyclic) bond motifs is 8. The van der Waals surface area contributed by atoms with Gasteiger partial charge in [0.2, 0.25) is 0 Å². The van der Waals surface area contributed by atoms with Gasteiger partial charge in [0.1, 0.15) is 0 Å². The molecule has 0 saturated heterocycles. The lowest BCUT2D eigenvalue weighted by atomic mass is 9.77. The third-order valence-corrected chi connectivity index (χ3v) is 7.45. The Morgan fingerprint density at radius 2 is 1.27 bits per heavy atom. The first-order valence-corrected chi connectivity index (χ1v) is 9.06. The summed E-state index contributed by atoms with van der Waals surface area (Å²) < 4.78 is 0. The fourth-order valence-electron chi connectivity index (χ4n) is 6.62. The maximum atomic E-state index is 2.42. The van der Waals surface area contributed by atoms with Crippen LogP contribution in [0.25, 0.3) is 11.1 Å². The van der Waals surface area contributed by atoms with Gasteiger partial charge in [-0.2, -0.15) is 0 Å². The zero-order chi connectivity index (χ0) is 14.3. The molecular weight excluding hydrogens is 264 g/mol. The van der Waals surface area contributed by atoms with E-state index in [0.29, 0.717) is 5.41 Å². The Labute approximate surface area is 132 Å². The molecule has 22 heavy (non-hydrogen) atoms. The molecule has 0 nitrogen and oxygen atoms in total. The number of hydrogen-bond donors (Lipinski definition) is 0. The normalized spacial score (nSPS) is 40.0. The van der Waals surface area contributed by atoms with Crippen molar-refractivity contribution in [2.45, 2.75) is 43.9 Å². The van der Waals surface area contributed by atoms with Gasteiger partial charge in [0.25, 0.3) is 0 Å². The second kappa shape index (κ2) is 3.85. The molecule has 4 aliphatic carbocycles. The summed E-state index contributed by atoms with van der Waals surface area (Å²) in [4.78, 5) is 0. The Balaban J connectivity index is 1.55. The minimum absolute atomic E-state index is 0.699. The SMILES string of the molecule is c1ccc2c(c1)-c1ccccc1C1C2C1C12CCC(CC1)C2. The summed E-state index contributed by atoms with van der Waals surface area (Å²) in [6.45, 7) is 0. The van der Waals surface area contributed by atoms with Gasteiger partial charge < -0.3 is 0 Å². The number of benzene rings is 2. The van der Waals surface area contributed by atoms with Gasteiger partial charge in [-0.1, -0.05) is 48.5 Å². The van der Waals surface area contributed by atoms with Crippen molar-refractivity contribution in [3.8, 4) is 11.1 Å². The smallest absolute Gasteiger partial charge is 0.00439 e. The van der Waals surface area contributed by atoms with Gasteiger partial charge in [-0.05, 0) is 83.4 Å². The highest BCUT2D eigenvalue weighted by Crippen LogP contribution is 2.77. The molecule has 2 aromatic rings. The van der Waals surface area contributed by atoms with E-state index in [1.54, 1.807) is 11.1 Å². The van der Waals surface area contributed by atoms with Gasteiger partial charge in [-0.15, -0.1) is 0 Å². The van der Waals surface area contributed by atoms with E-state index < -0.39 is 0 Å². The van der Waals surface area contributed by atoms with Crippen molar-refractivity contribution in [2.24, 2.45) is 17.3 Å². The summed E-state index contributed by atoms with van der Waals surface area (Å²) in [5.41, 5.74) is 7.04. The quantitative estimate of drug-likeness (QED) is 0.626. The van der Waals surface area contributed by atoms with Crippen LogP contribution in [0, 0.1) is 17.3 Å². The van der Waals surface area contributed by atoms with Gasteiger partial charge >= 0.3 is 0 Å². The fourth-order valence-corrected chi connectivity index (χ4v) is 6.62. The van der Waals surface area contributed by atoms with Crippen LogP contribution in [0.5, 0.6) is 0 Å². The first-order valence-electron chi connectivity index (χ1n) is 9.06. The first kappa shape index (κ1) is 11.9.